The van der Waals surface area contributed by atoms with Gasteiger partial charge in [0.1, 0.15) is 5.82 Å². The number of benzene rings is 2. The van der Waals surface area contributed by atoms with Crippen LogP contribution in [0, 0.1) is 0 Å². The van der Waals surface area contributed by atoms with E-state index in [0.717, 1.165) is 41.3 Å². The number of aryl methyl sites for hydroxylation is 1. The summed E-state index contributed by atoms with van der Waals surface area (Å²) in [5, 5.41) is 0.667. The summed E-state index contributed by atoms with van der Waals surface area (Å²) in [6.45, 7) is 1.60. The van der Waals surface area contributed by atoms with Crippen LogP contribution in [-0.2, 0) is 18.5 Å². The van der Waals surface area contributed by atoms with Crippen LogP contribution in [0.3, 0.4) is 0 Å². The largest absolute Gasteiger partial charge is 0.416 e. The lowest BCUT2D eigenvalue weighted by Crippen LogP contribution is -2.15. The smallest absolute Gasteiger partial charge is 0.327 e. The van der Waals surface area contributed by atoms with Gasteiger partial charge in [-0.3, -0.25) is 0 Å². The second-order valence-corrected chi connectivity index (χ2v) is 8.27. The van der Waals surface area contributed by atoms with Gasteiger partial charge in [0.15, 0.2) is 0 Å². The first-order valence-electron chi connectivity index (χ1n) is 8.83. The minimum atomic E-state index is -4.37. The molecule has 28 heavy (non-hydrogen) atoms. The fraction of sp³-hybridized carbons (Fsp3) is 0.350. The quantitative estimate of drug-likeness (QED) is 0.434. The van der Waals surface area contributed by atoms with Crippen molar-refractivity contribution in [2.75, 3.05) is 20.6 Å². The lowest BCUT2D eigenvalue weighted by molar-refractivity contribution is -0.137. The molecule has 0 amide bonds. The standard InChI is InChI=1S/C20H21ClF3N3S/c1-26(2)10-3-11-27-18-9-4-14(20(22,23)24)12-17(18)25-19(27)13-28-16-7-5-15(21)6-8-16/h4-9,12H,3,10-11,13H2,1-2H3. The number of alkyl halides is 3. The molecule has 0 saturated carbocycles. The van der Waals surface area contributed by atoms with Gasteiger partial charge in [-0.1, -0.05) is 11.6 Å². The molecule has 0 saturated heterocycles. The molecule has 0 radical (unpaired) electrons. The topological polar surface area (TPSA) is 21.1 Å². The van der Waals surface area contributed by atoms with E-state index in [0.29, 0.717) is 22.8 Å². The third-order valence-corrected chi connectivity index (χ3v) is 5.58. The van der Waals surface area contributed by atoms with E-state index in [4.69, 9.17) is 11.6 Å². The summed E-state index contributed by atoms with van der Waals surface area (Å²) in [7, 11) is 4.00. The van der Waals surface area contributed by atoms with Crippen molar-refractivity contribution in [2.45, 2.75) is 29.8 Å². The highest BCUT2D eigenvalue weighted by Gasteiger charge is 2.31. The van der Waals surface area contributed by atoms with Crippen LogP contribution in [0.5, 0.6) is 0 Å². The van der Waals surface area contributed by atoms with Crippen molar-refractivity contribution in [1.82, 2.24) is 14.5 Å². The van der Waals surface area contributed by atoms with Crippen LogP contribution >= 0.6 is 23.4 Å². The van der Waals surface area contributed by atoms with Crippen molar-refractivity contribution < 1.29 is 13.2 Å². The summed E-state index contributed by atoms with van der Waals surface area (Å²) in [6, 6.07) is 11.3. The van der Waals surface area contributed by atoms with Crippen LogP contribution in [0.1, 0.15) is 17.8 Å². The van der Waals surface area contributed by atoms with Crippen LogP contribution in [0.25, 0.3) is 11.0 Å². The maximum absolute atomic E-state index is 13.1. The van der Waals surface area contributed by atoms with Crippen molar-refractivity contribution in [3.63, 3.8) is 0 Å². The van der Waals surface area contributed by atoms with Gasteiger partial charge in [-0.2, -0.15) is 13.2 Å². The van der Waals surface area contributed by atoms with Gasteiger partial charge in [0.25, 0.3) is 0 Å². The summed E-state index contributed by atoms with van der Waals surface area (Å²) < 4.78 is 41.2. The first-order chi connectivity index (χ1) is 13.2. The molecule has 0 aliphatic heterocycles. The van der Waals surface area contributed by atoms with Crippen molar-refractivity contribution in [2.24, 2.45) is 0 Å². The Hall–Kier alpha value is -1.70. The number of nitrogens with zero attached hydrogens (tertiary/aromatic N) is 3. The predicted octanol–water partition coefficient (Wildman–Crippen LogP) is 5.95. The molecule has 0 bridgehead atoms. The maximum atomic E-state index is 13.1. The number of rotatable bonds is 7. The van der Waals surface area contributed by atoms with Gasteiger partial charge in [0.05, 0.1) is 22.3 Å². The number of hydrogen-bond donors (Lipinski definition) is 0. The second-order valence-electron chi connectivity index (χ2n) is 6.78. The zero-order valence-corrected chi connectivity index (χ0v) is 17.2. The molecule has 0 spiro atoms. The van der Waals surface area contributed by atoms with Gasteiger partial charge in [-0.15, -0.1) is 11.8 Å². The number of fused-ring (bicyclic) bond motifs is 1. The monoisotopic (exact) mass is 427 g/mol. The van der Waals surface area contributed by atoms with Crippen LogP contribution in [0.4, 0.5) is 13.2 Å². The molecule has 3 nitrogen and oxygen atoms in total. The fourth-order valence-electron chi connectivity index (χ4n) is 2.94. The minimum absolute atomic E-state index is 0.381. The fourth-order valence-corrected chi connectivity index (χ4v) is 3.91. The van der Waals surface area contributed by atoms with Gasteiger partial charge in [-0.25, -0.2) is 4.98 Å². The molecule has 0 aliphatic carbocycles. The molecule has 2 aromatic carbocycles. The van der Waals surface area contributed by atoms with E-state index in [1.807, 2.05) is 42.9 Å². The first-order valence-corrected chi connectivity index (χ1v) is 10.2. The van der Waals surface area contributed by atoms with Gasteiger partial charge in [0.2, 0.25) is 0 Å². The molecule has 0 atom stereocenters. The lowest BCUT2D eigenvalue weighted by Gasteiger charge is -2.13. The minimum Gasteiger partial charge on any atom is -0.327 e. The van der Waals surface area contributed by atoms with Gasteiger partial charge < -0.3 is 9.47 Å². The lowest BCUT2D eigenvalue weighted by atomic mass is 10.2. The average molecular weight is 428 g/mol. The van der Waals surface area contributed by atoms with Gasteiger partial charge in [0, 0.05) is 16.5 Å². The van der Waals surface area contributed by atoms with E-state index in [1.54, 1.807) is 11.8 Å². The summed E-state index contributed by atoms with van der Waals surface area (Å²) in [5.41, 5.74) is 0.444. The van der Waals surface area contributed by atoms with Crippen molar-refractivity contribution >= 4 is 34.4 Å². The SMILES string of the molecule is CN(C)CCCn1c(CSc2ccc(Cl)cc2)nc2cc(C(F)(F)F)ccc21. The molecule has 150 valence electrons. The van der Waals surface area contributed by atoms with Crippen LogP contribution in [0.2, 0.25) is 5.02 Å². The number of hydrogen-bond acceptors (Lipinski definition) is 3. The summed E-state index contributed by atoms with van der Waals surface area (Å²) in [6.07, 6.45) is -3.49. The third kappa shape index (κ3) is 5.21. The molecule has 0 aliphatic rings. The maximum Gasteiger partial charge on any atom is 0.416 e. The van der Waals surface area contributed by atoms with Crippen molar-refractivity contribution in [3.05, 3.63) is 58.9 Å². The highest BCUT2D eigenvalue weighted by atomic mass is 35.5. The summed E-state index contributed by atoms with van der Waals surface area (Å²) in [5.74, 6) is 1.34. The Kier molecular flexibility index (Phi) is 6.58. The normalized spacial score (nSPS) is 12.2. The molecule has 1 aromatic heterocycles. The van der Waals surface area contributed by atoms with E-state index in [-0.39, 0.29) is 0 Å². The van der Waals surface area contributed by atoms with E-state index >= 15 is 0 Å². The molecule has 1 heterocycles. The summed E-state index contributed by atoms with van der Waals surface area (Å²) >= 11 is 7.51. The van der Waals surface area contributed by atoms with E-state index in [2.05, 4.69) is 9.88 Å². The van der Waals surface area contributed by atoms with Crippen molar-refractivity contribution in [1.29, 1.82) is 0 Å². The Morgan fingerprint density at radius 2 is 1.82 bits per heavy atom. The van der Waals surface area contributed by atoms with Crippen LogP contribution < -0.4 is 0 Å². The van der Waals surface area contributed by atoms with Crippen LogP contribution in [0.15, 0.2) is 47.4 Å². The Morgan fingerprint density at radius 3 is 2.46 bits per heavy atom. The summed E-state index contributed by atoms with van der Waals surface area (Å²) in [4.78, 5) is 7.64. The zero-order valence-electron chi connectivity index (χ0n) is 15.6. The number of aromatic nitrogens is 2. The molecule has 0 fully saturated rings. The van der Waals surface area contributed by atoms with Gasteiger partial charge >= 0.3 is 6.18 Å². The molecule has 3 rings (SSSR count). The number of imidazole rings is 1. The van der Waals surface area contributed by atoms with E-state index in [1.165, 1.54) is 6.07 Å². The number of thioether (sulfide) groups is 1. The van der Waals surface area contributed by atoms with Crippen LogP contribution in [-0.4, -0.2) is 35.1 Å². The van der Waals surface area contributed by atoms with Crippen molar-refractivity contribution in [3.8, 4) is 0 Å². The highest BCUT2D eigenvalue weighted by Crippen LogP contribution is 2.32. The molecular weight excluding hydrogens is 407 g/mol. The predicted molar refractivity (Wildman–Crippen MR) is 109 cm³/mol. The Labute approximate surface area is 171 Å². The number of halogens is 4. The van der Waals surface area contributed by atoms with E-state index < -0.39 is 11.7 Å². The average Bonchev–Trinajstić information content (AvgIpc) is 2.97. The first kappa shape index (κ1) is 21.0. The third-order valence-electron chi connectivity index (χ3n) is 4.32. The van der Waals surface area contributed by atoms with E-state index in [9.17, 15) is 13.2 Å². The Balaban J connectivity index is 1.89. The molecule has 3 aromatic rings. The molecule has 8 heteroatoms. The highest BCUT2D eigenvalue weighted by molar-refractivity contribution is 7.98. The second kappa shape index (κ2) is 8.76. The molecular formula is C20H21ClF3N3S. The molecule has 0 unspecified atom stereocenters. The molecule has 0 N–H and O–H groups in total. The zero-order chi connectivity index (χ0) is 20.3. The Morgan fingerprint density at radius 1 is 1.11 bits per heavy atom. The van der Waals surface area contributed by atoms with Gasteiger partial charge in [-0.05, 0) is 69.5 Å². The Bertz CT molecular complexity index is 936.